The van der Waals surface area contributed by atoms with Crippen molar-refractivity contribution in [3.05, 3.63) is 53.1 Å². The maximum atomic E-state index is 12.7. The number of aliphatic carboxylic acids is 1. The highest BCUT2D eigenvalue weighted by molar-refractivity contribution is 7.92. The van der Waals surface area contributed by atoms with Crippen LogP contribution < -0.4 is 9.62 Å². The number of carboxylic acid groups (broad SMARTS) is 2. The number of aromatic carboxylic acids is 1. The first kappa shape index (κ1) is 29.8. The van der Waals surface area contributed by atoms with Crippen LogP contribution in [0.2, 0.25) is 0 Å². The number of benzene rings is 2. The van der Waals surface area contributed by atoms with Crippen molar-refractivity contribution in [2.45, 2.75) is 51.6 Å². The summed E-state index contributed by atoms with van der Waals surface area (Å²) in [5.41, 5.74) is 2.61. The van der Waals surface area contributed by atoms with Crippen LogP contribution in [0.15, 0.2) is 41.3 Å². The van der Waals surface area contributed by atoms with Gasteiger partial charge in [0.25, 0.3) is 10.0 Å². The highest BCUT2D eigenvalue weighted by atomic mass is 32.2. The molecule has 0 atom stereocenters. The van der Waals surface area contributed by atoms with Gasteiger partial charge in [-0.25, -0.2) is 18.0 Å². The Morgan fingerprint density at radius 2 is 1.43 bits per heavy atom. The number of nitrogens with one attached hydrogen (secondary N) is 1. The fourth-order valence-electron chi connectivity index (χ4n) is 3.24. The molecule has 0 aliphatic heterocycles. The van der Waals surface area contributed by atoms with Crippen LogP contribution in [0.5, 0.6) is 0 Å². The largest absolute Gasteiger partial charge is 0.490 e. The predicted octanol–water partition coefficient (Wildman–Crippen LogP) is 5.06. The molecule has 35 heavy (non-hydrogen) atoms. The van der Waals surface area contributed by atoms with Crippen LogP contribution in [0, 0.1) is 13.8 Å². The van der Waals surface area contributed by atoms with Crippen molar-refractivity contribution in [1.82, 2.24) is 0 Å². The molecule has 0 aliphatic carbocycles. The van der Waals surface area contributed by atoms with Gasteiger partial charge in [0.2, 0.25) is 0 Å². The fraction of sp³-hybridized carbons (Fsp3) is 0.391. The van der Waals surface area contributed by atoms with E-state index in [-0.39, 0.29) is 16.1 Å². The molecule has 12 heteroatoms. The van der Waals surface area contributed by atoms with Crippen LogP contribution in [0.1, 0.15) is 48.2 Å². The van der Waals surface area contributed by atoms with Crippen molar-refractivity contribution >= 4 is 33.3 Å². The summed E-state index contributed by atoms with van der Waals surface area (Å²) in [5.74, 6) is -3.84. The smallest absolute Gasteiger partial charge is 0.478 e. The molecule has 2 rings (SSSR count). The Bertz CT molecular complexity index is 1120. The topological polar surface area (TPSA) is 124 Å². The van der Waals surface area contributed by atoms with Gasteiger partial charge in [0.15, 0.2) is 0 Å². The van der Waals surface area contributed by atoms with Crippen molar-refractivity contribution < 1.29 is 41.4 Å². The number of anilines is 2. The second-order valence-electron chi connectivity index (χ2n) is 7.76. The summed E-state index contributed by atoms with van der Waals surface area (Å²) in [5, 5.41) is 16.8. The number of nitrogens with zero attached hydrogens (tertiary/aromatic N) is 1. The Hall–Kier alpha value is -3.28. The minimum Gasteiger partial charge on any atom is -0.478 e. The summed E-state index contributed by atoms with van der Waals surface area (Å²) >= 11 is 0. The van der Waals surface area contributed by atoms with Gasteiger partial charge in [-0.15, -0.1) is 0 Å². The van der Waals surface area contributed by atoms with Gasteiger partial charge < -0.3 is 15.1 Å². The third kappa shape index (κ3) is 9.12. The molecule has 0 bridgehead atoms. The normalized spacial score (nSPS) is 11.3. The number of alkyl halides is 3. The Balaban J connectivity index is 0.000000762. The van der Waals surface area contributed by atoms with E-state index in [0.717, 1.165) is 37.1 Å². The van der Waals surface area contributed by atoms with Crippen molar-refractivity contribution in [3.63, 3.8) is 0 Å². The maximum absolute atomic E-state index is 12.7. The van der Waals surface area contributed by atoms with Crippen molar-refractivity contribution in [3.8, 4) is 0 Å². The van der Waals surface area contributed by atoms with E-state index in [9.17, 15) is 31.5 Å². The molecule has 2 aromatic rings. The van der Waals surface area contributed by atoms with Gasteiger partial charge in [-0.05, 0) is 68.1 Å². The highest BCUT2D eigenvalue weighted by Gasteiger charge is 2.38. The molecule has 0 saturated carbocycles. The third-order valence-corrected chi connectivity index (χ3v) is 5.92. The summed E-state index contributed by atoms with van der Waals surface area (Å²) in [4.78, 5) is 22.9. The highest BCUT2D eigenvalue weighted by Crippen LogP contribution is 2.27. The number of sulfonamides is 1. The lowest BCUT2D eigenvalue weighted by Gasteiger charge is -2.25. The lowest BCUT2D eigenvalue weighted by atomic mass is 10.1. The molecule has 0 fully saturated rings. The molecule has 0 aliphatic rings. The molecular formula is C23H29F3N2O6S. The average Bonchev–Trinajstić information content (AvgIpc) is 2.72. The molecule has 0 unspecified atom stereocenters. The molecule has 2 aromatic carbocycles. The summed E-state index contributed by atoms with van der Waals surface area (Å²) in [6.45, 7) is 9.22. The molecule has 0 radical (unpaired) electrons. The fourth-order valence-corrected chi connectivity index (χ4v) is 4.48. The molecule has 3 N–H and O–H groups in total. The third-order valence-electron chi connectivity index (χ3n) is 4.55. The number of aryl methyl sites for hydroxylation is 2. The van der Waals surface area contributed by atoms with Crippen molar-refractivity contribution in [2.24, 2.45) is 0 Å². The minimum atomic E-state index is -5.08. The molecule has 8 nitrogen and oxygen atoms in total. The van der Waals surface area contributed by atoms with E-state index in [2.05, 4.69) is 4.72 Å². The molecule has 0 saturated heterocycles. The Morgan fingerprint density at radius 3 is 1.83 bits per heavy atom. The Labute approximate surface area is 202 Å². The number of carbonyl (C=O) groups is 2. The molecule has 0 aromatic heterocycles. The van der Waals surface area contributed by atoms with E-state index in [0.29, 0.717) is 5.69 Å². The average molecular weight is 519 g/mol. The van der Waals surface area contributed by atoms with Crippen molar-refractivity contribution in [2.75, 3.05) is 22.7 Å². The first-order valence-electron chi connectivity index (χ1n) is 10.7. The predicted molar refractivity (Wildman–Crippen MR) is 127 cm³/mol. The molecule has 194 valence electrons. The lowest BCUT2D eigenvalue weighted by molar-refractivity contribution is -0.192. The zero-order valence-corrected chi connectivity index (χ0v) is 20.6. The SMILES string of the molecule is CCCN(CCC)c1ccc(NS(=O)(=O)c2cc(C)cc(C)c2)cc1C(=O)O.O=C(O)C(F)(F)F. The second kappa shape index (κ2) is 12.4. The van der Waals surface area contributed by atoms with Crippen LogP contribution in [-0.2, 0) is 14.8 Å². The first-order chi connectivity index (χ1) is 16.1. The van der Waals surface area contributed by atoms with Crippen LogP contribution >= 0.6 is 0 Å². The maximum Gasteiger partial charge on any atom is 0.490 e. The van der Waals surface area contributed by atoms with Gasteiger partial charge >= 0.3 is 18.1 Å². The zero-order valence-electron chi connectivity index (χ0n) is 19.8. The van der Waals surface area contributed by atoms with Gasteiger partial charge in [-0.3, -0.25) is 4.72 Å². The van der Waals surface area contributed by atoms with E-state index in [1.165, 1.54) is 6.07 Å². The van der Waals surface area contributed by atoms with E-state index in [1.54, 1.807) is 24.3 Å². The zero-order chi connectivity index (χ0) is 27.0. The summed E-state index contributed by atoms with van der Waals surface area (Å²) < 4.78 is 59.7. The lowest BCUT2D eigenvalue weighted by Crippen LogP contribution is -2.27. The molecule has 0 amide bonds. The first-order valence-corrected chi connectivity index (χ1v) is 12.1. The van der Waals surface area contributed by atoms with Crippen LogP contribution in [0.3, 0.4) is 0 Å². The molecular weight excluding hydrogens is 489 g/mol. The Morgan fingerprint density at radius 1 is 0.943 bits per heavy atom. The number of rotatable bonds is 9. The summed E-state index contributed by atoms with van der Waals surface area (Å²) in [7, 11) is -3.81. The second-order valence-corrected chi connectivity index (χ2v) is 9.44. The van der Waals surface area contributed by atoms with Crippen LogP contribution in [0.4, 0.5) is 24.5 Å². The minimum absolute atomic E-state index is 0.0857. The summed E-state index contributed by atoms with van der Waals surface area (Å²) in [6.07, 6.45) is -3.31. The van der Waals surface area contributed by atoms with Gasteiger partial charge in [0, 0.05) is 18.8 Å². The Kier molecular flexibility index (Phi) is 10.6. The molecule has 0 heterocycles. The van der Waals surface area contributed by atoms with Crippen LogP contribution in [-0.4, -0.2) is 49.8 Å². The number of hydrogen-bond acceptors (Lipinski definition) is 5. The van der Waals surface area contributed by atoms with E-state index in [4.69, 9.17) is 9.90 Å². The summed E-state index contributed by atoms with van der Waals surface area (Å²) in [6, 6.07) is 9.75. The van der Waals surface area contributed by atoms with E-state index >= 15 is 0 Å². The molecule has 0 spiro atoms. The standard InChI is InChI=1S/C21H28N2O4S.C2HF3O2/c1-5-9-23(10-6-2)20-8-7-17(14-19(20)21(24)25)22-28(26,27)18-12-15(3)11-16(4)13-18;3-2(4,5)1(6)7/h7-8,11-14,22H,5-6,9-10H2,1-4H3,(H,24,25);(H,6,7). The van der Waals surface area contributed by atoms with E-state index in [1.807, 2.05) is 38.7 Å². The van der Waals surface area contributed by atoms with Crippen molar-refractivity contribution in [1.29, 1.82) is 0 Å². The van der Waals surface area contributed by atoms with Crippen LogP contribution in [0.25, 0.3) is 0 Å². The van der Waals surface area contributed by atoms with E-state index < -0.39 is 28.1 Å². The monoisotopic (exact) mass is 518 g/mol. The number of halogens is 3. The van der Waals surface area contributed by atoms with Gasteiger partial charge in [0.05, 0.1) is 16.1 Å². The van der Waals surface area contributed by atoms with Gasteiger partial charge in [0.1, 0.15) is 0 Å². The quantitative estimate of drug-likeness (QED) is 0.424. The van der Waals surface area contributed by atoms with Gasteiger partial charge in [-0.2, -0.15) is 13.2 Å². The van der Waals surface area contributed by atoms with Gasteiger partial charge in [-0.1, -0.05) is 19.9 Å². The number of carboxylic acids is 2. The number of hydrogen-bond donors (Lipinski definition) is 3.